The van der Waals surface area contributed by atoms with Crippen LogP contribution in [0.15, 0.2) is 24.3 Å². The first kappa shape index (κ1) is 21.5. The number of hydrogen-bond acceptors (Lipinski definition) is 5. The van der Waals surface area contributed by atoms with Crippen LogP contribution >= 0.6 is 0 Å². The molecule has 0 aromatic heterocycles. The highest BCUT2D eigenvalue weighted by molar-refractivity contribution is 5.89. The highest BCUT2D eigenvalue weighted by Gasteiger charge is 2.42. The summed E-state index contributed by atoms with van der Waals surface area (Å²) >= 11 is 0. The summed E-state index contributed by atoms with van der Waals surface area (Å²) in [6.45, 7) is 4.01. The average molecular weight is 473 g/mol. The van der Waals surface area contributed by atoms with Crippen molar-refractivity contribution in [2.45, 2.75) is 38.4 Å². The van der Waals surface area contributed by atoms with Crippen LogP contribution in [-0.4, -0.2) is 44.6 Å². The van der Waals surface area contributed by atoms with Gasteiger partial charge in [0.1, 0.15) is 5.75 Å². The van der Waals surface area contributed by atoms with Crippen LogP contribution in [0.5, 0.6) is 17.2 Å². The Morgan fingerprint density at radius 1 is 1.03 bits per heavy atom. The molecule has 1 fully saturated rings. The second-order valence-electron chi connectivity index (χ2n) is 9.43. The summed E-state index contributed by atoms with van der Waals surface area (Å²) < 4.78 is 56.7. The van der Waals surface area contributed by atoms with Gasteiger partial charge in [0.2, 0.25) is 6.79 Å². The Bertz CT molecular complexity index is 1170. The fourth-order valence-corrected chi connectivity index (χ4v) is 5.90. The molecule has 0 N–H and O–H groups in total. The summed E-state index contributed by atoms with van der Waals surface area (Å²) in [5, 5.41) is 0. The fraction of sp³-hybridized carbons (Fsp3) is 0.462. The molecule has 0 amide bonds. The zero-order valence-electron chi connectivity index (χ0n) is 19.2. The van der Waals surface area contributed by atoms with Crippen LogP contribution in [-0.2, 0) is 6.42 Å². The van der Waals surface area contributed by atoms with Crippen molar-refractivity contribution in [1.82, 2.24) is 4.90 Å². The van der Waals surface area contributed by atoms with E-state index in [0.717, 1.165) is 52.5 Å². The molecule has 1 atom stereocenters. The topological polar surface area (TPSA) is 34.2 Å². The number of methoxy groups -OCH3 is 1. The van der Waals surface area contributed by atoms with Crippen LogP contribution < -0.4 is 19.1 Å². The smallest absolute Gasteiger partial charge is 0.391 e. The van der Waals surface area contributed by atoms with E-state index >= 15 is 0 Å². The third-order valence-corrected chi connectivity index (χ3v) is 7.69. The second kappa shape index (κ2) is 7.75. The molecule has 5 nitrogen and oxygen atoms in total. The molecule has 2 aromatic carbocycles. The third-order valence-electron chi connectivity index (χ3n) is 7.69. The maximum atomic E-state index is 13.3. The van der Waals surface area contributed by atoms with Crippen LogP contribution in [0.2, 0.25) is 0 Å². The zero-order valence-corrected chi connectivity index (χ0v) is 19.2. The van der Waals surface area contributed by atoms with Gasteiger partial charge in [-0.3, -0.25) is 0 Å². The van der Waals surface area contributed by atoms with Gasteiger partial charge in [0.15, 0.2) is 11.5 Å². The minimum Gasteiger partial charge on any atom is -0.495 e. The lowest BCUT2D eigenvalue weighted by Crippen LogP contribution is -2.41. The van der Waals surface area contributed by atoms with Gasteiger partial charge in [-0.25, -0.2) is 0 Å². The van der Waals surface area contributed by atoms with E-state index in [2.05, 4.69) is 41.0 Å². The summed E-state index contributed by atoms with van der Waals surface area (Å²) in [6, 6.07) is 8.20. The Morgan fingerprint density at radius 2 is 1.76 bits per heavy atom. The first-order valence-corrected chi connectivity index (χ1v) is 11.8. The number of rotatable bonds is 2. The van der Waals surface area contributed by atoms with Crippen molar-refractivity contribution in [2.24, 2.45) is 5.92 Å². The average Bonchev–Trinajstić information content (AvgIpc) is 3.29. The summed E-state index contributed by atoms with van der Waals surface area (Å²) in [5.41, 5.74) is 6.67. The number of anilines is 1. The second-order valence-corrected chi connectivity index (χ2v) is 9.43. The van der Waals surface area contributed by atoms with Crippen molar-refractivity contribution in [2.75, 3.05) is 38.4 Å². The van der Waals surface area contributed by atoms with Gasteiger partial charge in [-0.15, -0.1) is 0 Å². The number of nitrogens with zero attached hydrogens (tertiary/aromatic N) is 2. The van der Waals surface area contributed by atoms with Crippen molar-refractivity contribution in [1.29, 1.82) is 0 Å². The van der Waals surface area contributed by atoms with E-state index in [1.165, 1.54) is 5.56 Å². The number of piperidine rings is 1. The van der Waals surface area contributed by atoms with E-state index in [1.54, 1.807) is 7.11 Å². The predicted molar refractivity (Wildman–Crippen MR) is 123 cm³/mol. The van der Waals surface area contributed by atoms with E-state index in [9.17, 15) is 13.2 Å². The van der Waals surface area contributed by atoms with Crippen LogP contribution in [0.3, 0.4) is 0 Å². The molecule has 4 heterocycles. The molecule has 0 radical (unpaired) electrons. The van der Waals surface area contributed by atoms with Crippen LogP contribution in [0.1, 0.15) is 48.1 Å². The molecule has 1 saturated heterocycles. The summed E-state index contributed by atoms with van der Waals surface area (Å²) in [5.74, 6) is 1.05. The number of halogens is 3. The third kappa shape index (κ3) is 3.29. The molecule has 0 saturated carbocycles. The molecule has 8 heteroatoms. The number of ether oxygens (including phenoxy) is 3. The Morgan fingerprint density at radius 3 is 2.47 bits per heavy atom. The van der Waals surface area contributed by atoms with E-state index in [0.29, 0.717) is 18.8 Å². The number of hydrogen-bond donors (Lipinski definition) is 0. The number of alkyl halides is 3. The predicted octanol–water partition coefficient (Wildman–Crippen LogP) is 5.63. The standard InChI is InChI=1S/C26H27F3N2O3/c1-15-24-17(3-4-21(32-2)25(24)30-8-6-18(7-9-30)26(27,28)29)11-20-19-13-23-22(33-14-34-23)12-16(19)5-10-31(15)20/h3-4,11-13,15,18H,5-10,14H2,1-2H3/t15-/m0/s1. The molecule has 0 unspecified atom stereocenters. The van der Waals surface area contributed by atoms with Crippen molar-refractivity contribution < 1.29 is 27.4 Å². The molecule has 180 valence electrons. The summed E-state index contributed by atoms with van der Waals surface area (Å²) in [7, 11) is 1.63. The quantitative estimate of drug-likeness (QED) is 0.566. The van der Waals surface area contributed by atoms with Crippen molar-refractivity contribution in [3.05, 3.63) is 46.5 Å². The molecule has 0 bridgehead atoms. The van der Waals surface area contributed by atoms with Crippen LogP contribution in [0.25, 0.3) is 11.8 Å². The Balaban J connectivity index is 1.42. The highest BCUT2D eigenvalue weighted by atomic mass is 19.4. The lowest BCUT2D eigenvalue weighted by Gasteiger charge is -2.44. The lowest BCUT2D eigenvalue weighted by atomic mass is 9.85. The first-order valence-electron chi connectivity index (χ1n) is 11.8. The van der Waals surface area contributed by atoms with E-state index in [-0.39, 0.29) is 25.7 Å². The summed E-state index contributed by atoms with van der Waals surface area (Å²) in [4.78, 5) is 4.48. The molecular formula is C26H27F3N2O3. The normalized spacial score (nSPS) is 21.6. The zero-order chi connectivity index (χ0) is 23.6. The van der Waals surface area contributed by atoms with E-state index in [4.69, 9.17) is 14.2 Å². The lowest BCUT2D eigenvalue weighted by molar-refractivity contribution is -0.179. The number of fused-ring (bicyclic) bond motifs is 5. The maximum Gasteiger partial charge on any atom is 0.391 e. The molecule has 4 aliphatic rings. The molecule has 0 aliphatic carbocycles. The monoisotopic (exact) mass is 472 g/mol. The van der Waals surface area contributed by atoms with Gasteiger partial charge in [0.25, 0.3) is 0 Å². The minimum absolute atomic E-state index is 0.0546. The molecule has 34 heavy (non-hydrogen) atoms. The summed E-state index contributed by atoms with van der Waals surface area (Å²) in [6.07, 6.45) is -0.834. The molecular weight excluding hydrogens is 445 g/mol. The van der Waals surface area contributed by atoms with Gasteiger partial charge in [-0.05, 0) is 61.6 Å². The molecule has 2 aromatic rings. The van der Waals surface area contributed by atoms with Gasteiger partial charge < -0.3 is 24.0 Å². The van der Waals surface area contributed by atoms with E-state index < -0.39 is 12.1 Å². The fourth-order valence-electron chi connectivity index (χ4n) is 5.90. The van der Waals surface area contributed by atoms with Gasteiger partial charge >= 0.3 is 6.18 Å². The largest absolute Gasteiger partial charge is 0.495 e. The Labute approximate surface area is 196 Å². The van der Waals surface area contributed by atoms with Crippen molar-refractivity contribution >= 4 is 17.5 Å². The maximum absolute atomic E-state index is 13.3. The Kier molecular flexibility index (Phi) is 4.90. The van der Waals surface area contributed by atoms with Gasteiger partial charge in [0, 0.05) is 36.5 Å². The van der Waals surface area contributed by atoms with Crippen LogP contribution in [0, 0.1) is 5.92 Å². The minimum atomic E-state index is -4.13. The van der Waals surface area contributed by atoms with Crippen molar-refractivity contribution in [3.8, 4) is 17.2 Å². The molecule has 0 spiro atoms. The first-order chi connectivity index (χ1) is 16.3. The molecule has 4 aliphatic heterocycles. The van der Waals surface area contributed by atoms with E-state index in [1.807, 2.05) is 6.07 Å². The highest BCUT2D eigenvalue weighted by Crippen LogP contribution is 2.50. The van der Waals surface area contributed by atoms with Gasteiger partial charge in [-0.2, -0.15) is 13.2 Å². The van der Waals surface area contributed by atoms with Gasteiger partial charge in [0.05, 0.1) is 24.8 Å². The van der Waals surface area contributed by atoms with Crippen molar-refractivity contribution in [3.63, 3.8) is 0 Å². The van der Waals surface area contributed by atoms with Gasteiger partial charge in [-0.1, -0.05) is 6.07 Å². The van der Waals surface area contributed by atoms with Crippen LogP contribution in [0.4, 0.5) is 18.9 Å². The Hall–Kier alpha value is -3.03. The SMILES string of the molecule is COc1ccc2c(c1N1CCC(C(F)(F)F)CC1)[C@H](C)N1CCc3cc4c(cc3C1=C2)OCO4. The number of benzene rings is 2. The molecule has 6 rings (SSSR count).